The van der Waals surface area contributed by atoms with Gasteiger partial charge in [0.05, 0.1) is 5.25 Å². The number of anilines is 1. The van der Waals surface area contributed by atoms with Crippen molar-refractivity contribution < 1.29 is 13.2 Å². The highest BCUT2D eigenvalue weighted by molar-refractivity contribution is 7.93. The largest absolute Gasteiger partial charge is 0.341 e. The molecule has 0 saturated carbocycles. The highest BCUT2D eigenvalue weighted by Crippen LogP contribution is 2.20. The number of sulfonamides is 1. The highest BCUT2D eigenvalue weighted by Gasteiger charge is 2.32. The molecule has 1 aliphatic rings. The summed E-state index contributed by atoms with van der Waals surface area (Å²) in [6.07, 6.45) is 1.74. The van der Waals surface area contributed by atoms with Crippen molar-refractivity contribution in [2.75, 3.05) is 17.8 Å². The molecule has 0 spiro atoms. The van der Waals surface area contributed by atoms with E-state index >= 15 is 0 Å². The first kappa shape index (κ1) is 14.8. The van der Waals surface area contributed by atoms with Gasteiger partial charge in [-0.15, -0.1) is 0 Å². The SMILES string of the molecule is CCC(=O)N1CCCC(S(=O)(=O)Nc2ccccc2)C1. The zero-order valence-corrected chi connectivity index (χ0v) is 12.4. The third-order valence-electron chi connectivity index (χ3n) is 3.51. The number of nitrogens with one attached hydrogen (secondary N) is 1. The third kappa shape index (κ3) is 3.50. The summed E-state index contributed by atoms with van der Waals surface area (Å²) in [6, 6.07) is 8.84. The molecule has 1 aliphatic heterocycles. The van der Waals surface area contributed by atoms with E-state index in [4.69, 9.17) is 0 Å². The van der Waals surface area contributed by atoms with Gasteiger partial charge in [-0.2, -0.15) is 0 Å². The fourth-order valence-electron chi connectivity index (χ4n) is 2.40. The number of nitrogens with zero attached hydrogens (tertiary/aromatic N) is 1. The molecule has 110 valence electrons. The average Bonchev–Trinajstić information content (AvgIpc) is 2.47. The zero-order valence-electron chi connectivity index (χ0n) is 11.6. The van der Waals surface area contributed by atoms with Crippen LogP contribution in [0, 0.1) is 0 Å². The van der Waals surface area contributed by atoms with Gasteiger partial charge in [0.25, 0.3) is 0 Å². The molecule has 1 N–H and O–H groups in total. The minimum atomic E-state index is -3.45. The Morgan fingerprint density at radius 3 is 2.70 bits per heavy atom. The third-order valence-corrected chi connectivity index (χ3v) is 5.29. The quantitative estimate of drug-likeness (QED) is 0.921. The number of benzene rings is 1. The van der Waals surface area contributed by atoms with Crippen molar-refractivity contribution in [2.24, 2.45) is 0 Å². The van der Waals surface area contributed by atoms with Crippen LogP contribution in [0.4, 0.5) is 5.69 Å². The van der Waals surface area contributed by atoms with Crippen LogP contribution in [0.2, 0.25) is 0 Å². The summed E-state index contributed by atoms with van der Waals surface area (Å²) in [4.78, 5) is 13.4. The van der Waals surface area contributed by atoms with Crippen LogP contribution in [0.15, 0.2) is 30.3 Å². The molecule has 1 fully saturated rings. The lowest BCUT2D eigenvalue weighted by atomic mass is 10.1. The monoisotopic (exact) mass is 296 g/mol. The van der Waals surface area contributed by atoms with Crippen molar-refractivity contribution in [3.8, 4) is 0 Å². The van der Waals surface area contributed by atoms with Gasteiger partial charge in [-0.05, 0) is 25.0 Å². The zero-order chi connectivity index (χ0) is 14.6. The van der Waals surface area contributed by atoms with E-state index in [1.54, 1.807) is 36.1 Å². The number of piperidine rings is 1. The van der Waals surface area contributed by atoms with Gasteiger partial charge >= 0.3 is 0 Å². The van der Waals surface area contributed by atoms with Gasteiger partial charge in [0, 0.05) is 25.2 Å². The molecule has 0 radical (unpaired) electrons. The molecular formula is C14H20N2O3S. The van der Waals surface area contributed by atoms with Crippen molar-refractivity contribution in [1.29, 1.82) is 0 Å². The maximum absolute atomic E-state index is 12.4. The minimum Gasteiger partial charge on any atom is -0.341 e. The van der Waals surface area contributed by atoms with Crippen molar-refractivity contribution in [3.63, 3.8) is 0 Å². The van der Waals surface area contributed by atoms with Crippen LogP contribution < -0.4 is 4.72 Å². The summed E-state index contributed by atoms with van der Waals surface area (Å²) in [7, 11) is -3.45. The van der Waals surface area contributed by atoms with Crippen molar-refractivity contribution in [2.45, 2.75) is 31.4 Å². The van der Waals surface area contributed by atoms with Crippen LogP contribution in [-0.4, -0.2) is 37.6 Å². The van der Waals surface area contributed by atoms with Gasteiger partial charge in [-0.25, -0.2) is 8.42 Å². The molecule has 0 aromatic heterocycles. The lowest BCUT2D eigenvalue weighted by Crippen LogP contribution is -2.46. The second-order valence-corrected chi connectivity index (χ2v) is 6.93. The Kier molecular flexibility index (Phi) is 4.65. The Labute approximate surface area is 120 Å². The lowest BCUT2D eigenvalue weighted by Gasteiger charge is -2.32. The molecule has 2 rings (SSSR count). The summed E-state index contributed by atoms with van der Waals surface area (Å²) in [5, 5.41) is -0.535. The van der Waals surface area contributed by atoms with E-state index in [0.29, 0.717) is 25.1 Å². The van der Waals surface area contributed by atoms with E-state index in [1.165, 1.54) is 0 Å². The second kappa shape index (κ2) is 6.26. The predicted octanol–water partition coefficient (Wildman–Crippen LogP) is 1.83. The molecule has 1 unspecified atom stereocenters. The van der Waals surface area contributed by atoms with E-state index < -0.39 is 15.3 Å². The van der Waals surface area contributed by atoms with E-state index in [0.717, 1.165) is 6.42 Å². The Morgan fingerprint density at radius 2 is 2.05 bits per heavy atom. The maximum atomic E-state index is 12.4. The average molecular weight is 296 g/mol. The number of carbonyl (C=O) groups is 1. The normalized spacial score (nSPS) is 19.6. The van der Waals surface area contributed by atoms with E-state index in [2.05, 4.69) is 4.72 Å². The molecule has 0 aliphatic carbocycles. The van der Waals surface area contributed by atoms with Crippen LogP contribution in [0.3, 0.4) is 0 Å². The fourth-order valence-corrected chi connectivity index (χ4v) is 3.88. The summed E-state index contributed by atoms with van der Waals surface area (Å²) in [6.45, 7) is 2.74. The van der Waals surface area contributed by atoms with Gasteiger partial charge in [0.15, 0.2) is 0 Å². The molecule has 1 aromatic rings. The molecule has 1 atom stereocenters. The number of amides is 1. The number of para-hydroxylation sites is 1. The Morgan fingerprint density at radius 1 is 1.35 bits per heavy atom. The van der Waals surface area contributed by atoms with Gasteiger partial charge < -0.3 is 4.90 Å². The summed E-state index contributed by atoms with van der Waals surface area (Å²) in [5.74, 6) is 0.0182. The van der Waals surface area contributed by atoms with E-state index in [9.17, 15) is 13.2 Å². The molecule has 1 heterocycles. The standard InChI is InChI=1S/C14H20N2O3S/c1-2-14(17)16-10-6-9-13(11-16)20(18,19)15-12-7-4-3-5-8-12/h3-5,7-8,13,15H,2,6,9-11H2,1H3. The van der Waals surface area contributed by atoms with Crippen LogP contribution in [0.1, 0.15) is 26.2 Å². The second-order valence-electron chi connectivity index (χ2n) is 4.97. The first-order valence-electron chi connectivity index (χ1n) is 6.87. The van der Waals surface area contributed by atoms with E-state index in [1.807, 2.05) is 6.07 Å². The smallest absolute Gasteiger partial charge is 0.237 e. The van der Waals surface area contributed by atoms with Crippen LogP contribution in [0.5, 0.6) is 0 Å². The number of carbonyl (C=O) groups excluding carboxylic acids is 1. The lowest BCUT2D eigenvalue weighted by molar-refractivity contribution is -0.131. The van der Waals surface area contributed by atoms with Crippen molar-refractivity contribution in [3.05, 3.63) is 30.3 Å². The first-order chi connectivity index (χ1) is 9.53. The Balaban J connectivity index is 2.07. The molecule has 20 heavy (non-hydrogen) atoms. The van der Waals surface area contributed by atoms with Crippen LogP contribution in [0.25, 0.3) is 0 Å². The molecule has 1 saturated heterocycles. The first-order valence-corrected chi connectivity index (χ1v) is 8.42. The number of likely N-dealkylation sites (tertiary alicyclic amines) is 1. The van der Waals surface area contributed by atoms with Crippen LogP contribution in [-0.2, 0) is 14.8 Å². The Hall–Kier alpha value is -1.56. The van der Waals surface area contributed by atoms with Crippen molar-refractivity contribution in [1.82, 2.24) is 4.90 Å². The molecule has 1 aromatic carbocycles. The van der Waals surface area contributed by atoms with Gasteiger partial charge in [-0.1, -0.05) is 25.1 Å². The predicted molar refractivity (Wildman–Crippen MR) is 78.9 cm³/mol. The molecule has 5 nitrogen and oxygen atoms in total. The van der Waals surface area contributed by atoms with E-state index in [-0.39, 0.29) is 12.5 Å². The van der Waals surface area contributed by atoms with Gasteiger partial charge in [-0.3, -0.25) is 9.52 Å². The Bertz CT molecular complexity index is 557. The van der Waals surface area contributed by atoms with Crippen LogP contribution >= 0.6 is 0 Å². The highest BCUT2D eigenvalue weighted by atomic mass is 32.2. The topological polar surface area (TPSA) is 66.5 Å². The molecule has 0 bridgehead atoms. The molecule has 6 heteroatoms. The fraction of sp³-hybridized carbons (Fsp3) is 0.500. The maximum Gasteiger partial charge on any atom is 0.237 e. The van der Waals surface area contributed by atoms with Gasteiger partial charge in [0.2, 0.25) is 15.9 Å². The van der Waals surface area contributed by atoms with Crippen molar-refractivity contribution >= 4 is 21.6 Å². The summed E-state index contributed by atoms with van der Waals surface area (Å²) in [5.41, 5.74) is 0.562. The number of hydrogen-bond acceptors (Lipinski definition) is 3. The summed E-state index contributed by atoms with van der Waals surface area (Å²) >= 11 is 0. The summed E-state index contributed by atoms with van der Waals surface area (Å²) < 4.78 is 27.3. The molecular weight excluding hydrogens is 276 g/mol. The van der Waals surface area contributed by atoms with Gasteiger partial charge in [0.1, 0.15) is 0 Å². The number of hydrogen-bond donors (Lipinski definition) is 1. The minimum absolute atomic E-state index is 0.0182. The molecule has 1 amide bonds. The number of rotatable bonds is 4.